The Labute approximate surface area is 75.4 Å². The second kappa shape index (κ2) is 3.68. The SMILES string of the molecule is COC1(CC(=O)CBr)CCC1. The monoisotopic (exact) mass is 220 g/mol. The molecule has 3 heteroatoms. The first-order chi connectivity index (χ1) is 5.22. The number of ether oxygens (including phenoxy) is 1. The molecule has 0 amide bonds. The number of carbonyl (C=O) groups is 1. The fraction of sp³-hybridized carbons (Fsp3) is 0.875. The largest absolute Gasteiger partial charge is 0.378 e. The maximum absolute atomic E-state index is 11.1. The highest BCUT2D eigenvalue weighted by Crippen LogP contribution is 2.38. The zero-order valence-electron chi connectivity index (χ0n) is 6.73. The van der Waals surface area contributed by atoms with Crippen molar-refractivity contribution in [2.75, 3.05) is 12.4 Å². The van der Waals surface area contributed by atoms with E-state index in [0.29, 0.717) is 11.8 Å². The Hall–Kier alpha value is 0.110. The standard InChI is InChI=1S/C8H13BrO2/c1-11-8(3-2-4-8)5-7(10)6-9/h2-6H2,1H3. The number of ketones is 1. The Kier molecular flexibility index (Phi) is 3.07. The van der Waals surface area contributed by atoms with Crippen LogP contribution in [0.3, 0.4) is 0 Å². The fourth-order valence-electron chi connectivity index (χ4n) is 1.43. The minimum atomic E-state index is -0.0924. The number of Topliss-reactive ketones (excluding diaryl/α,β-unsaturated/α-hetero) is 1. The third-order valence-corrected chi connectivity index (χ3v) is 2.99. The molecule has 1 fully saturated rings. The Balaban J connectivity index is 2.38. The van der Waals surface area contributed by atoms with Crippen LogP contribution in [0.1, 0.15) is 25.7 Å². The highest BCUT2D eigenvalue weighted by atomic mass is 79.9. The van der Waals surface area contributed by atoms with Gasteiger partial charge in [-0.3, -0.25) is 4.79 Å². The van der Waals surface area contributed by atoms with Crippen LogP contribution in [-0.2, 0) is 9.53 Å². The van der Waals surface area contributed by atoms with Crippen molar-refractivity contribution < 1.29 is 9.53 Å². The fourth-order valence-corrected chi connectivity index (χ4v) is 1.63. The maximum Gasteiger partial charge on any atom is 0.146 e. The predicted molar refractivity (Wildman–Crippen MR) is 47.0 cm³/mol. The van der Waals surface area contributed by atoms with E-state index in [0.717, 1.165) is 12.8 Å². The molecule has 0 unspecified atom stereocenters. The van der Waals surface area contributed by atoms with Crippen LogP contribution in [0.5, 0.6) is 0 Å². The first-order valence-electron chi connectivity index (χ1n) is 3.85. The molecule has 2 nitrogen and oxygen atoms in total. The van der Waals surface area contributed by atoms with Gasteiger partial charge in [-0.2, -0.15) is 0 Å². The lowest BCUT2D eigenvalue weighted by atomic mass is 9.77. The second-order valence-corrected chi connectivity index (χ2v) is 3.65. The van der Waals surface area contributed by atoms with Gasteiger partial charge in [-0.1, -0.05) is 15.9 Å². The summed E-state index contributed by atoms with van der Waals surface area (Å²) in [4.78, 5) is 11.1. The highest BCUT2D eigenvalue weighted by molar-refractivity contribution is 9.09. The molecule has 0 spiro atoms. The summed E-state index contributed by atoms with van der Waals surface area (Å²) in [6.07, 6.45) is 3.86. The number of rotatable bonds is 4. The quantitative estimate of drug-likeness (QED) is 0.678. The third kappa shape index (κ3) is 2.03. The smallest absolute Gasteiger partial charge is 0.146 e. The highest BCUT2D eigenvalue weighted by Gasteiger charge is 2.38. The van der Waals surface area contributed by atoms with Gasteiger partial charge in [0.05, 0.1) is 10.9 Å². The van der Waals surface area contributed by atoms with Gasteiger partial charge in [0.15, 0.2) is 0 Å². The molecule has 0 atom stereocenters. The zero-order valence-corrected chi connectivity index (χ0v) is 8.32. The summed E-state index contributed by atoms with van der Waals surface area (Å²) in [6.45, 7) is 0. The van der Waals surface area contributed by atoms with Gasteiger partial charge in [0.25, 0.3) is 0 Å². The first-order valence-corrected chi connectivity index (χ1v) is 4.97. The average Bonchev–Trinajstić information content (AvgIpc) is 1.96. The summed E-state index contributed by atoms with van der Waals surface area (Å²) < 4.78 is 5.30. The first kappa shape index (κ1) is 9.20. The lowest BCUT2D eigenvalue weighted by Gasteiger charge is -2.39. The number of alkyl halides is 1. The van der Waals surface area contributed by atoms with E-state index >= 15 is 0 Å². The molecular weight excluding hydrogens is 208 g/mol. The molecule has 1 aliphatic rings. The van der Waals surface area contributed by atoms with E-state index in [1.54, 1.807) is 7.11 Å². The van der Waals surface area contributed by atoms with E-state index in [9.17, 15) is 4.79 Å². The summed E-state index contributed by atoms with van der Waals surface area (Å²) in [5, 5.41) is 0.456. The van der Waals surface area contributed by atoms with Crippen LogP contribution in [0.25, 0.3) is 0 Å². The number of halogens is 1. The van der Waals surface area contributed by atoms with Crippen molar-refractivity contribution in [2.45, 2.75) is 31.3 Å². The molecule has 0 bridgehead atoms. The van der Waals surface area contributed by atoms with Crippen molar-refractivity contribution in [3.63, 3.8) is 0 Å². The minimum absolute atomic E-state index is 0.0924. The summed E-state index contributed by atoms with van der Waals surface area (Å²) in [7, 11) is 1.70. The Bertz CT molecular complexity index is 147. The average molecular weight is 221 g/mol. The van der Waals surface area contributed by atoms with Crippen molar-refractivity contribution in [1.29, 1.82) is 0 Å². The van der Waals surface area contributed by atoms with Gasteiger partial charge in [0.2, 0.25) is 0 Å². The van der Waals surface area contributed by atoms with E-state index in [1.807, 2.05) is 0 Å². The van der Waals surface area contributed by atoms with Gasteiger partial charge < -0.3 is 4.74 Å². The van der Waals surface area contributed by atoms with Crippen LogP contribution in [-0.4, -0.2) is 23.8 Å². The van der Waals surface area contributed by atoms with E-state index < -0.39 is 0 Å². The minimum Gasteiger partial charge on any atom is -0.378 e. The van der Waals surface area contributed by atoms with Gasteiger partial charge in [-0.05, 0) is 19.3 Å². The van der Waals surface area contributed by atoms with Crippen LogP contribution in [0, 0.1) is 0 Å². The topological polar surface area (TPSA) is 26.3 Å². The Morgan fingerprint density at radius 2 is 2.27 bits per heavy atom. The molecule has 0 radical (unpaired) electrons. The van der Waals surface area contributed by atoms with Gasteiger partial charge in [-0.15, -0.1) is 0 Å². The Morgan fingerprint density at radius 3 is 2.55 bits per heavy atom. The van der Waals surface area contributed by atoms with Crippen molar-refractivity contribution in [3.8, 4) is 0 Å². The van der Waals surface area contributed by atoms with E-state index in [2.05, 4.69) is 15.9 Å². The van der Waals surface area contributed by atoms with Gasteiger partial charge in [0, 0.05) is 13.5 Å². The van der Waals surface area contributed by atoms with Crippen molar-refractivity contribution in [2.24, 2.45) is 0 Å². The molecule has 0 heterocycles. The molecule has 0 aliphatic heterocycles. The van der Waals surface area contributed by atoms with E-state index in [-0.39, 0.29) is 11.4 Å². The molecule has 1 aliphatic carbocycles. The molecule has 0 aromatic carbocycles. The molecule has 11 heavy (non-hydrogen) atoms. The molecule has 0 aromatic rings. The molecule has 0 saturated heterocycles. The third-order valence-electron chi connectivity index (χ3n) is 2.37. The van der Waals surface area contributed by atoms with Gasteiger partial charge in [-0.25, -0.2) is 0 Å². The number of hydrogen-bond donors (Lipinski definition) is 0. The van der Waals surface area contributed by atoms with Crippen LogP contribution >= 0.6 is 15.9 Å². The van der Waals surface area contributed by atoms with E-state index in [4.69, 9.17) is 4.74 Å². The summed E-state index contributed by atoms with van der Waals surface area (Å²) >= 11 is 3.14. The van der Waals surface area contributed by atoms with Crippen molar-refractivity contribution in [3.05, 3.63) is 0 Å². The number of hydrogen-bond acceptors (Lipinski definition) is 2. The maximum atomic E-state index is 11.1. The van der Waals surface area contributed by atoms with Crippen LogP contribution in [0.2, 0.25) is 0 Å². The van der Waals surface area contributed by atoms with Crippen LogP contribution in [0.4, 0.5) is 0 Å². The van der Waals surface area contributed by atoms with Crippen LogP contribution < -0.4 is 0 Å². The summed E-state index contributed by atoms with van der Waals surface area (Å²) in [5.41, 5.74) is -0.0924. The lowest BCUT2D eigenvalue weighted by molar-refractivity contribution is -0.129. The van der Waals surface area contributed by atoms with Crippen molar-refractivity contribution >= 4 is 21.7 Å². The number of methoxy groups -OCH3 is 1. The molecule has 1 rings (SSSR count). The van der Waals surface area contributed by atoms with Gasteiger partial charge in [0.1, 0.15) is 5.78 Å². The van der Waals surface area contributed by atoms with Gasteiger partial charge >= 0.3 is 0 Å². The van der Waals surface area contributed by atoms with E-state index in [1.165, 1.54) is 6.42 Å². The lowest BCUT2D eigenvalue weighted by Crippen LogP contribution is -2.41. The number of carbonyl (C=O) groups excluding carboxylic acids is 1. The molecular formula is C8H13BrO2. The summed E-state index contributed by atoms with van der Waals surface area (Å²) in [5.74, 6) is 0.242. The zero-order chi connectivity index (χ0) is 8.32. The molecule has 64 valence electrons. The molecule has 0 aromatic heterocycles. The normalized spacial score (nSPS) is 20.9. The van der Waals surface area contributed by atoms with Crippen LogP contribution in [0.15, 0.2) is 0 Å². The molecule has 0 N–H and O–H groups in total. The second-order valence-electron chi connectivity index (χ2n) is 3.09. The molecule has 1 saturated carbocycles. The summed E-state index contributed by atoms with van der Waals surface area (Å²) in [6, 6.07) is 0. The van der Waals surface area contributed by atoms with Crippen molar-refractivity contribution in [1.82, 2.24) is 0 Å². The Morgan fingerprint density at radius 1 is 1.64 bits per heavy atom. The predicted octanol–water partition coefficient (Wildman–Crippen LogP) is 1.91.